The van der Waals surface area contributed by atoms with E-state index in [-0.39, 0.29) is 0 Å². The lowest BCUT2D eigenvalue weighted by Crippen LogP contribution is -2.17. The SMILES string of the molecule is Cc1cccc(CNc2nc(C)cc(NCCCN(C)C)n2)c1. The van der Waals surface area contributed by atoms with Crippen molar-refractivity contribution in [3.8, 4) is 0 Å². The monoisotopic (exact) mass is 313 g/mol. The molecule has 0 atom stereocenters. The number of anilines is 2. The van der Waals surface area contributed by atoms with Crippen molar-refractivity contribution in [2.45, 2.75) is 26.8 Å². The number of aromatic nitrogens is 2. The van der Waals surface area contributed by atoms with E-state index in [4.69, 9.17) is 0 Å². The van der Waals surface area contributed by atoms with Crippen molar-refractivity contribution in [3.63, 3.8) is 0 Å². The van der Waals surface area contributed by atoms with Gasteiger partial charge in [0.2, 0.25) is 5.95 Å². The van der Waals surface area contributed by atoms with Gasteiger partial charge in [0, 0.05) is 24.8 Å². The Bertz CT molecular complexity index is 625. The van der Waals surface area contributed by atoms with Crippen LogP contribution in [0.25, 0.3) is 0 Å². The maximum Gasteiger partial charge on any atom is 0.225 e. The largest absolute Gasteiger partial charge is 0.370 e. The van der Waals surface area contributed by atoms with E-state index >= 15 is 0 Å². The first-order chi connectivity index (χ1) is 11.0. The van der Waals surface area contributed by atoms with Crippen molar-refractivity contribution in [1.29, 1.82) is 0 Å². The maximum atomic E-state index is 4.54. The summed E-state index contributed by atoms with van der Waals surface area (Å²) in [5.41, 5.74) is 3.45. The molecular formula is C18H27N5. The van der Waals surface area contributed by atoms with Gasteiger partial charge in [0.1, 0.15) is 5.82 Å². The molecule has 1 heterocycles. The zero-order valence-electron chi connectivity index (χ0n) is 14.6. The standard InChI is InChI=1S/C18H27N5/c1-14-7-5-8-16(11-14)13-20-18-21-15(2)12-17(22-18)19-9-6-10-23(3)4/h5,7-8,11-12H,6,9-10,13H2,1-4H3,(H2,19,20,21,22). The second-order valence-corrected chi connectivity index (χ2v) is 6.14. The predicted molar refractivity (Wildman–Crippen MR) is 96.9 cm³/mol. The van der Waals surface area contributed by atoms with Crippen LogP contribution in [-0.4, -0.2) is 42.1 Å². The van der Waals surface area contributed by atoms with Crippen LogP contribution in [0.3, 0.4) is 0 Å². The molecule has 0 aliphatic carbocycles. The van der Waals surface area contributed by atoms with Crippen LogP contribution in [0.15, 0.2) is 30.3 Å². The van der Waals surface area contributed by atoms with Gasteiger partial charge in [-0.3, -0.25) is 0 Å². The summed E-state index contributed by atoms with van der Waals surface area (Å²) in [6, 6.07) is 10.4. The molecule has 124 valence electrons. The minimum atomic E-state index is 0.668. The number of nitrogens with zero attached hydrogens (tertiary/aromatic N) is 3. The van der Waals surface area contributed by atoms with Crippen LogP contribution >= 0.6 is 0 Å². The molecular weight excluding hydrogens is 286 g/mol. The number of nitrogens with one attached hydrogen (secondary N) is 2. The fraction of sp³-hybridized carbons (Fsp3) is 0.444. The summed E-state index contributed by atoms with van der Waals surface area (Å²) in [5.74, 6) is 1.55. The minimum Gasteiger partial charge on any atom is -0.370 e. The topological polar surface area (TPSA) is 53.1 Å². The number of hydrogen-bond donors (Lipinski definition) is 2. The predicted octanol–water partition coefficient (Wildman–Crippen LogP) is 3.07. The summed E-state index contributed by atoms with van der Waals surface area (Å²) in [6.45, 7) is 6.79. The molecule has 5 heteroatoms. The Morgan fingerprint density at radius 3 is 2.61 bits per heavy atom. The smallest absolute Gasteiger partial charge is 0.225 e. The van der Waals surface area contributed by atoms with E-state index in [2.05, 4.69) is 70.8 Å². The Morgan fingerprint density at radius 1 is 1.04 bits per heavy atom. The van der Waals surface area contributed by atoms with Gasteiger partial charge < -0.3 is 15.5 Å². The van der Waals surface area contributed by atoms with E-state index < -0.39 is 0 Å². The van der Waals surface area contributed by atoms with Crippen molar-refractivity contribution >= 4 is 11.8 Å². The Balaban J connectivity index is 1.91. The van der Waals surface area contributed by atoms with Crippen LogP contribution in [-0.2, 0) is 6.54 Å². The van der Waals surface area contributed by atoms with Gasteiger partial charge in [-0.15, -0.1) is 0 Å². The van der Waals surface area contributed by atoms with Crippen molar-refractivity contribution in [2.24, 2.45) is 0 Å². The van der Waals surface area contributed by atoms with Crippen LogP contribution < -0.4 is 10.6 Å². The third-order valence-electron chi connectivity index (χ3n) is 3.48. The average molecular weight is 313 g/mol. The van der Waals surface area contributed by atoms with Gasteiger partial charge in [-0.25, -0.2) is 4.98 Å². The lowest BCUT2D eigenvalue weighted by atomic mass is 10.1. The highest BCUT2D eigenvalue weighted by Crippen LogP contribution is 2.11. The van der Waals surface area contributed by atoms with E-state index in [1.54, 1.807) is 0 Å². The molecule has 0 bridgehead atoms. The molecule has 0 amide bonds. The highest BCUT2D eigenvalue weighted by Gasteiger charge is 2.02. The molecule has 2 aromatic rings. The number of rotatable bonds is 8. The second kappa shape index (κ2) is 8.48. The van der Waals surface area contributed by atoms with E-state index in [9.17, 15) is 0 Å². The number of aryl methyl sites for hydroxylation is 2. The quantitative estimate of drug-likeness (QED) is 0.734. The molecule has 2 N–H and O–H groups in total. The second-order valence-electron chi connectivity index (χ2n) is 6.14. The van der Waals surface area contributed by atoms with Crippen LogP contribution in [0.4, 0.5) is 11.8 Å². The average Bonchev–Trinajstić information content (AvgIpc) is 2.49. The summed E-state index contributed by atoms with van der Waals surface area (Å²) in [4.78, 5) is 11.2. The zero-order valence-corrected chi connectivity index (χ0v) is 14.6. The van der Waals surface area contributed by atoms with Gasteiger partial charge >= 0.3 is 0 Å². The van der Waals surface area contributed by atoms with Crippen molar-refractivity contribution in [3.05, 3.63) is 47.2 Å². The zero-order chi connectivity index (χ0) is 16.7. The normalized spacial score (nSPS) is 10.8. The van der Waals surface area contributed by atoms with Crippen LogP contribution in [0, 0.1) is 13.8 Å². The molecule has 23 heavy (non-hydrogen) atoms. The fourth-order valence-electron chi connectivity index (χ4n) is 2.35. The summed E-state index contributed by atoms with van der Waals surface area (Å²) >= 11 is 0. The summed E-state index contributed by atoms with van der Waals surface area (Å²) in [5, 5.41) is 6.68. The summed E-state index contributed by atoms with van der Waals surface area (Å²) in [7, 11) is 4.17. The molecule has 1 aromatic carbocycles. The Morgan fingerprint density at radius 2 is 1.87 bits per heavy atom. The fourth-order valence-corrected chi connectivity index (χ4v) is 2.35. The van der Waals surface area contributed by atoms with E-state index in [0.717, 1.165) is 37.6 Å². The van der Waals surface area contributed by atoms with Gasteiger partial charge in [-0.1, -0.05) is 29.8 Å². The van der Waals surface area contributed by atoms with E-state index in [1.807, 2.05) is 13.0 Å². The molecule has 5 nitrogen and oxygen atoms in total. The molecule has 0 radical (unpaired) electrons. The molecule has 0 aliphatic heterocycles. The summed E-state index contributed by atoms with van der Waals surface area (Å²) in [6.07, 6.45) is 1.09. The van der Waals surface area contributed by atoms with Gasteiger partial charge in [0.05, 0.1) is 0 Å². The lowest BCUT2D eigenvalue weighted by Gasteiger charge is -2.12. The molecule has 2 rings (SSSR count). The van der Waals surface area contributed by atoms with Crippen molar-refractivity contribution < 1.29 is 0 Å². The molecule has 0 fully saturated rings. The highest BCUT2D eigenvalue weighted by atomic mass is 15.1. The van der Waals surface area contributed by atoms with Crippen molar-refractivity contribution in [1.82, 2.24) is 14.9 Å². The van der Waals surface area contributed by atoms with Gasteiger partial charge in [-0.05, 0) is 46.5 Å². The maximum absolute atomic E-state index is 4.54. The summed E-state index contributed by atoms with van der Waals surface area (Å²) < 4.78 is 0. The van der Waals surface area contributed by atoms with Gasteiger partial charge in [0.25, 0.3) is 0 Å². The number of benzene rings is 1. The first kappa shape index (κ1) is 17.2. The van der Waals surface area contributed by atoms with E-state index in [0.29, 0.717) is 5.95 Å². The van der Waals surface area contributed by atoms with Gasteiger partial charge in [0.15, 0.2) is 0 Å². The Labute approximate surface area is 139 Å². The highest BCUT2D eigenvalue weighted by molar-refractivity contribution is 5.42. The Hall–Kier alpha value is -2.14. The van der Waals surface area contributed by atoms with Crippen LogP contribution in [0.2, 0.25) is 0 Å². The van der Waals surface area contributed by atoms with E-state index in [1.165, 1.54) is 11.1 Å². The molecule has 1 aromatic heterocycles. The van der Waals surface area contributed by atoms with Gasteiger partial charge in [-0.2, -0.15) is 4.98 Å². The van der Waals surface area contributed by atoms with Crippen LogP contribution in [0.1, 0.15) is 23.2 Å². The molecule has 0 aliphatic rings. The molecule has 0 saturated heterocycles. The first-order valence-electron chi connectivity index (χ1n) is 8.06. The molecule has 0 saturated carbocycles. The molecule has 0 unspecified atom stereocenters. The lowest BCUT2D eigenvalue weighted by molar-refractivity contribution is 0.405. The first-order valence-corrected chi connectivity index (χ1v) is 8.06. The number of hydrogen-bond acceptors (Lipinski definition) is 5. The third kappa shape index (κ3) is 6.24. The minimum absolute atomic E-state index is 0.668. The third-order valence-corrected chi connectivity index (χ3v) is 3.48. The Kier molecular flexibility index (Phi) is 6.35. The van der Waals surface area contributed by atoms with Crippen LogP contribution in [0.5, 0.6) is 0 Å². The molecule has 0 spiro atoms. The van der Waals surface area contributed by atoms with Crippen molar-refractivity contribution in [2.75, 3.05) is 37.8 Å².